The second-order valence-corrected chi connectivity index (χ2v) is 17.4. The summed E-state index contributed by atoms with van der Waals surface area (Å²) in [6.07, 6.45) is -4.35. The van der Waals surface area contributed by atoms with E-state index in [1.54, 1.807) is 32.8 Å². The molecule has 0 spiro atoms. The summed E-state index contributed by atoms with van der Waals surface area (Å²) >= 11 is 0. The fraction of sp³-hybridized carbons (Fsp3) is 0.966. The summed E-state index contributed by atoms with van der Waals surface area (Å²) in [5.74, 6) is -1.67. The largest absolute Gasteiger partial charge is 0.459 e. The molecule has 0 radical (unpaired) electrons. The molecule has 15 heteroatoms. The van der Waals surface area contributed by atoms with Crippen molar-refractivity contribution in [3.05, 3.63) is 0 Å². The fourth-order valence-corrected chi connectivity index (χ4v) is 10.2. The Bertz CT molecular complexity index is 1110. The molecule has 3 aliphatic heterocycles. The van der Waals surface area contributed by atoms with Gasteiger partial charge in [-0.1, -0.05) is 29.4 Å². The molecule has 4 N–H and O–H groups in total. The molecule has 4 unspecified atom stereocenters. The number of hydrogen-bond acceptors (Lipinski definition) is 12. The Labute approximate surface area is 264 Å². The van der Waals surface area contributed by atoms with Crippen LogP contribution in [0.3, 0.4) is 0 Å². The summed E-state index contributed by atoms with van der Waals surface area (Å²) in [6.45, 7) is 13.1. The molecule has 3 fully saturated rings. The first-order chi connectivity index (χ1) is 20.0. The number of ether oxygens (including phenoxy) is 3. The second kappa shape index (κ2) is 13.9. The van der Waals surface area contributed by atoms with E-state index in [0.717, 1.165) is 0 Å². The van der Waals surface area contributed by atoms with E-state index in [9.17, 15) is 33.1 Å². The van der Waals surface area contributed by atoms with Gasteiger partial charge in [0.1, 0.15) is 23.9 Å². The number of carbonyl (C=O) groups excluding carboxylic acids is 1. The molecule has 44 heavy (non-hydrogen) atoms. The smallest absolute Gasteiger partial charge is 0.397 e. The van der Waals surface area contributed by atoms with Crippen molar-refractivity contribution in [2.75, 3.05) is 27.7 Å². The van der Waals surface area contributed by atoms with E-state index in [1.807, 2.05) is 32.7 Å². The van der Waals surface area contributed by atoms with E-state index in [4.69, 9.17) is 18.4 Å². The number of rotatable bonds is 6. The molecular formula is C29H55N2O11PS. The van der Waals surface area contributed by atoms with Crippen LogP contribution in [0.1, 0.15) is 74.1 Å². The zero-order valence-corrected chi connectivity index (χ0v) is 29.6. The Kier molecular flexibility index (Phi) is 12.0. The normalized spacial score (nSPS) is 47.5. The van der Waals surface area contributed by atoms with Crippen LogP contribution in [0.15, 0.2) is 0 Å². The van der Waals surface area contributed by atoms with Gasteiger partial charge in [-0.05, 0) is 74.0 Å². The highest BCUT2D eigenvalue weighted by atomic mass is 32.3. The number of aliphatic hydroxyl groups is 3. The number of cyclic esters (lactones) is 1. The average molecular weight is 671 g/mol. The lowest BCUT2D eigenvalue weighted by molar-refractivity contribution is -0.267. The number of hydrogen-bond donors (Lipinski definition) is 4. The second-order valence-electron chi connectivity index (χ2n) is 14.1. The van der Waals surface area contributed by atoms with Gasteiger partial charge >= 0.3 is 16.4 Å². The summed E-state index contributed by atoms with van der Waals surface area (Å²) < 4.78 is 57.0. The minimum absolute atomic E-state index is 0.0308. The van der Waals surface area contributed by atoms with Gasteiger partial charge in [0.25, 0.3) is 0 Å². The van der Waals surface area contributed by atoms with Gasteiger partial charge < -0.3 is 39.3 Å². The van der Waals surface area contributed by atoms with Crippen molar-refractivity contribution in [1.29, 1.82) is 0 Å². The summed E-state index contributed by atoms with van der Waals surface area (Å²) in [6, 6.07) is -0.934. The highest BCUT2D eigenvalue weighted by Crippen LogP contribution is 2.61. The quantitative estimate of drug-likeness (QED) is 0.182. The summed E-state index contributed by atoms with van der Waals surface area (Å²) in [5.41, 5.74) is -1.74. The molecule has 258 valence electrons. The first kappa shape index (κ1) is 37.9. The Balaban J connectivity index is 2.04. The van der Waals surface area contributed by atoms with Crippen LogP contribution < -0.4 is 0 Å². The summed E-state index contributed by atoms with van der Waals surface area (Å²) in [4.78, 5) is 17.3. The summed E-state index contributed by atoms with van der Waals surface area (Å²) in [7, 11) is 0.397. The Hall–Kier alpha value is -0.510. The molecule has 13 nitrogen and oxygen atoms in total. The summed E-state index contributed by atoms with van der Waals surface area (Å²) in [5, 5.41) is 32.5. The maximum absolute atomic E-state index is 13.6. The molecule has 3 saturated heterocycles. The third-order valence-electron chi connectivity index (χ3n) is 9.97. The number of aliphatic hydroxyl groups excluding tert-OH is 1. The molecule has 0 aromatic rings. The monoisotopic (exact) mass is 670 g/mol. The van der Waals surface area contributed by atoms with Crippen LogP contribution in [0.4, 0.5) is 0 Å². The van der Waals surface area contributed by atoms with E-state index in [0.29, 0.717) is 19.4 Å². The van der Waals surface area contributed by atoms with E-state index < -0.39 is 81.2 Å². The molecule has 0 saturated carbocycles. The van der Waals surface area contributed by atoms with Gasteiger partial charge in [0.15, 0.2) is 6.29 Å². The molecule has 0 amide bonds. The molecule has 2 bridgehead atoms. The van der Waals surface area contributed by atoms with Crippen LogP contribution in [0.5, 0.6) is 0 Å². The van der Waals surface area contributed by atoms with Crippen molar-refractivity contribution in [3.63, 3.8) is 0 Å². The molecule has 3 aliphatic rings. The van der Waals surface area contributed by atoms with Crippen LogP contribution in [-0.4, -0.2) is 137 Å². The third kappa shape index (κ3) is 8.31. The number of fused-ring (bicyclic) bond motifs is 2. The van der Waals surface area contributed by atoms with Crippen molar-refractivity contribution >= 4 is 24.9 Å². The van der Waals surface area contributed by atoms with Crippen molar-refractivity contribution in [3.8, 4) is 0 Å². The number of nitrogens with zero attached hydrogens (tertiary/aromatic N) is 2. The van der Waals surface area contributed by atoms with E-state index >= 15 is 0 Å². The lowest BCUT2D eigenvalue weighted by Gasteiger charge is -2.45. The molecule has 0 aliphatic carbocycles. The Morgan fingerprint density at radius 1 is 1.14 bits per heavy atom. The van der Waals surface area contributed by atoms with Crippen molar-refractivity contribution in [2.45, 2.75) is 139 Å². The minimum atomic E-state index is -4.86. The van der Waals surface area contributed by atoms with Crippen molar-refractivity contribution in [2.24, 2.45) is 11.8 Å². The average Bonchev–Trinajstić information content (AvgIpc) is 3.14. The van der Waals surface area contributed by atoms with Gasteiger partial charge in [-0.25, -0.2) is 4.18 Å². The molecular weight excluding hydrogens is 615 g/mol. The van der Waals surface area contributed by atoms with Gasteiger partial charge in [-0.15, -0.1) is 0 Å². The van der Waals surface area contributed by atoms with Gasteiger partial charge in [0.05, 0.1) is 23.5 Å². The predicted octanol–water partition coefficient (Wildman–Crippen LogP) is 1.58. The molecule has 0 aromatic carbocycles. The maximum Gasteiger partial charge on any atom is 0.397 e. The lowest BCUT2D eigenvalue weighted by atomic mass is 9.85. The highest BCUT2D eigenvalue weighted by Gasteiger charge is 2.59. The zero-order valence-electron chi connectivity index (χ0n) is 27.8. The SMILES string of the molecule is CC[C@H]1OC(=O)[C@H](C)C2(O)C[C@@H](O[C@@H]3O[C@H](C)CC(N(C)C)C3OS(=O)(=O)O)[C@@](C)(C[C@@H](C)CN(C)[C@H](C)[C@@H](O)[C@]1(C)O)P2. The predicted molar refractivity (Wildman–Crippen MR) is 166 cm³/mol. The highest BCUT2D eigenvalue weighted by molar-refractivity contribution is 7.80. The van der Waals surface area contributed by atoms with Gasteiger partial charge in [0.2, 0.25) is 0 Å². The van der Waals surface area contributed by atoms with Crippen LogP contribution in [-0.2, 0) is 33.6 Å². The zero-order chi connectivity index (χ0) is 33.6. The van der Waals surface area contributed by atoms with Crippen LogP contribution in [0.2, 0.25) is 0 Å². The van der Waals surface area contributed by atoms with E-state index in [2.05, 4.69) is 6.92 Å². The van der Waals surface area contributed by atoms with Crippen molar-refractivity contribution in [1.82, 2.24) is 9.80 Å². The van der Waals surface area contributed by atoms with Gasteiger partial charge in [-0.3, -0.25) is 9.35 Å². The fourth-order valence-electron chi connectivity index (χ4n) is 7.26. The topological polar surface area (TPSA) is 176 Å². The third-order valence-corrected chi connectivity index (χ3v) is 12.6. The van der Waals surface area contributed by atoms with Crippen molar-refractivity contribution < 1.29 is 51.5 Å². The molecule has 3 rings (SSSR count). The van der Waals surface area contributed by atoms with Crippen LogP contribution >= 0.6 is 8.58 Å². The number of esters is 1. The lowest BCUT2D eigenvalue weighted by Crippen LogP contribution is -2.59. The molecule has 14 atom stereocenters. The van der Waals surface area contributed by atoms with E-state index in [-0.39, 0.29) is 33.4 Å². The number of carbonyl (C=O) groups is 1. The Morgan fingerprint density at radius 3 is 2.30 bits per heavy atom. The standard InChI is InChI=1S/C29H55N2O11PS/c1-11-21-28(7,34)24(32)19(5)31(10)15-16(2)13-27(6)22(14-29(35,43-27)18(4)25(33)40-21)41-26-23(42-44(36,37)38)20(30(8)9)12-17(3)39-26/h16-24,26,32,34-35,43H,11-15H2,1-10H3,(H,36,37,38)/t16-,17-,18+,19-,20?,21-,22-,23?,24-,26+,27-,28-,29?/m1/s1. The Morgan fingerprint density at radius 2 is 1.75 bits per heavy atom. The first-order valence-electron chi connectivity index (χ1n) is 15.5. The first-order valence-corrected chi connectivity index (χ1v) is 17.9. The maximum atomic E-state index is 13.6. The number of likely N-dealkylation sites (N-methyl/N-ethyl adjacent to an activating group) is 2. The van der Waals surface area contributed by atoms with E-state index in [1.165, 1.54) is 6.92 Å². The van der Waals surface area contributed by atoms with Gasteiger partial charge in [0, 0.05) is 30.2 Å². The minimum Gasteiger partial charge on any atom is -0.459 e. The van der Waals surface area contributed by atoms with Gasteiger partial charge in [-0.2, -0.15) is 8.42 Å². The van der Waals surface area contributed by atoms with Crippen LogP contribution in [0.25, 0.3) is 0 Å². The molecule has 0 aromatic heterocycles. The van der Waals surface area contributed by atoms with Crippen LogP contribution in [0, 0.1) is 11.8 Å². The molecule has 3 heterocycles.